The Balaban J connectivity index is 1.91. The molecule has 0 aromatic rings. The lowest BCUT2D eigenvalue weighted by atomic mass is 10.0. The Morgan fingerprint density at radius 2 is 1.07 bits per heavy atom. The first kappa shape index (κ1) is 25.7. The minimum absolute atomic E-state index is 1.08. The van der Waals surface area contributed by atoms with Crippen molar-refractivity contribution < 1.29 is 4.48 Å². The molecule has 0 saturated heterocycles. The first-order valence-electron chi connectivity index (χ1n) is 13.2. The number of rotatable bonds is 20. The summed E-state index contributed by atoms with van der Waals surface area (Å²) in [5, 5.41) is 0. The van der Waals surface area contributed by atoms with Crippen molar-refractivity contribution in [1.29, 1.82) is 0 Å². The van der Waals surface area contributed by atoms with E-state index < -0.39 is 0 Å². The Morgan fingerprint density at radius 1 is 0.607 bits per heavy atom. The predicted molar refractivity (Wildman–Crippen MR) is 127 cm³/mol. The molecule has 0 fully saturated rings. The molecule has 0 bridgehead atoms. The Bertz CT molecular complexity index is 377. The minimum atomic E-state index is 1.08. The van der Waals surface area contributed by atoms with Crippen molar-refractivity contribution in [3.63, 3.8) is 0 Å². The molecule has 0 amide bonds. The average molecular weight is 394 g/mol. The third kappa shape index (κ3) is 11.0. The van der Waals surface area contributed by atoms with Crippen LogP contribution in [0.25, 0.3) is 0 Å². The van der Waals surface area contributed by atoms with Gasteiger partial charge in [0.1, 0.15) is 6.54 Å². The largest absolute Gasteiger partial charge is 0.277 e. The molecule has 1 aliphatic heterocycles. The number of hydrogen-bond acceptors (Lipinski definition) is 1. The molecule has 0 N–H and O–H groups in total. The SMILES string of the molecule is CCCCCCCCCCCCCCCCCC1=NCC[N+]1(CC)CCCC. The maximum atomic E-state index is 4.91. The Labute approximate surface area is 178 Å². The Kier molecular flexibility index (Phi) is 16.0. The molecule has 0 aromatic carbocycles. The summed E-state index contributed by atoms with van der Waals surface area (Å²) in [6.45, 7) is 11.9. The second kappa shape index (κ2) is 17.5. The first-order valence-corrected chi connectivity index (χ1v) is 13.2. The summed E-state index contributed by atoms with van der Waals surface area (Å²) < 4.78 is 1.21. The molecule has 1 atom stereocenters. The fraction of sp³-hybridized carbons (Fsp3) is 0.962. The molecule has 1 rings (SSSR count). The van der Waals surface area contributed by atoms with E-state index in [0.717, 1.165) is 6.54 Å². The van der Waals surface area contributed by atoms with Gasteiger partial charge in [-0.2, -0.15) is 0 Å². The highest BCUT2D eigenvalue weighted by molar-refractivity contribution is 5.76. The molecule has 1 aliphatic rings. The van der Waals surface area contributed by atoms with Gasteiger partial charge in [0, 0.05) is 6.42 Å². The number of hydrogen-bond donors (Lipinski definition) is 0. The lowest BCUT2D eigenvalue weighted by Crippen LogP contribution is -2.51. The van der Waals surface area contributed by atoms with Crippen LogP contribution in [-0.2, 0) is 0 Å². The summed E-state index contributed by atoms with van der Waals surface area (Å²) in [6, 6.07) is 0. The van der Waals surface area contributed by atoms with E-state index in [-0.39, 0.29) is 0 Å². The number of likely N-dealkylation sites (N-methyl/N-ethyl adjacent to an activating group) is 1. The van der Waals surface area contributed by atoms with Crippen molar-refractivity contribution in [2.24, 2.45) is 4.99 Å². The van der Waals surface area contributed by atoms with Gasteiger partial charge in [-0.15, -0.1) is 0 Å². The lowest BCUT2D eigenvalue weighted by molar-refractivity contribution is -0.834. The summed E-state index contributed by atoms with van der Waals surface area (Å²) >= 11 is 0. The maximum absolute atomic E-state index is 4.91. The highest BCUT2D eigenvalue weighted by Gasteiger charge is 2.35. The van der Waals surface area contributed by atoms with Crippen LogP contribution in [-0.4, -0.2) is 36.5 Å². The van der Waals surface area contributed by atoms with Crippen molar-refractivity contribution >= 4 is 5.84 Å². The van der Waals surface area contributed by atoms with E-state index >= 15 is 0 Å². The average Bonchev–Trinajstić information content (AvgIpc) is 3.12. The Hall–Kier alpha value is -0.370. The Morgan fingerprint density at radius 3 is 1.54 bits per heavy atom. The fourth-order valence-corrected chi connectivity index (χ4v) is 4.82. The van der Waals surface area contributed by atoms with Crippen LogP contribution in [0.15, 0.2) is 4.99 Å². The quantitative estimate of drug-likeness (QED) is 0.146. The van der Waals surface area contributed by atoms with Gasteiger partial charge in [0.15, 0.2) is 5.84 Å². The normalized spacial score (nSPS) is 19.3. The molecular formula is C26H53N2+. The molecule has 1 unspecified atom stereocenters. The highest BCUT2D eigenvalue weighted by Crippen LogP contribution is 2.21. The van der Waals surface area contributed by atoms with Gasteiger partial charge in [-0.3, -0.25) is 4.48 Å². The number of quaternary nitrogens is 1. The molecule has 28 heavy (non-hydrogen) atoms. The van der Waals surface area contributed by atoms with E-state index in [1.807, 2.05) is 0 Å². The standard InChI is InChI=1S/C26H53N2/c1-4-7-9-10-11-12-13-14-15-16-17-18-19-20-21-22-26-27-23-25-28(26,6-3)24-8-5-2/h4-25H2,1-3H3/q+1. The van der Waals surface area contributed by atoms with Crippen molar-refractivity contribution in [3.05, 3.63) is 0 Å². The smallest absolute Gasteiger partial charge is 0.198 e. The van der Waals surface area contributed by atoms with Crippen LogP contribution in [0.4, 0.5) is 0 Å². The van der Waals surface area contributed by atoms with Crippen LogP contribution in [0.2, 0.25) is 0 Å². The third-order valence-corrected chi connectivity index (χ3v) is 6.92. The number of nitrogens with zero attached hydrogens (tertiary/aromatic N) is 2. The fourth-order valence-electron chi connectivity index (χ4n) is 4.82. The molecule has 0 spiro atoms. The van der Waals surface area contributed by atoms with Gasteiger partial charge in [-0.1, -0.05) is 110 Å². The van der Waals surface area contributed by atoms with Gasteiger partial charge >= 0.3 is 0 Å². The van der Waals surface area contributed by atoms with Crippen LogP contribution in [0, 0.1) is 0 Å². The second-order valence-electron chi connectivity index (χ2n) is 9.26. The van der Waals surface area contributed by atoms with E-state index in [1.54, 1.807) is 0 Å². The molecule has 166 valence electrons. The van der Waals surface area contributed by atoms with Crippen LogP contribution in [0.1, 0.15) is 136 Å². The van der Waals surface area contributed by atoms with Gasteiger partial charge in [0.05, 0.1) is 19.6 Å². The predicted octanol–water partition coefficient (Wildman–Crippen LogP) is 8.30. The van der Waals surface area contributed by atoms with Gasteiger partial charge in [0.25, 0.3) is 0 Å². The molecule has 0 aromatic heterocycles. The van der Waals surface area contributed by atoms with Gasteiger partial charge in [0.2, 0.25) is 0 Å². The zero-order chi connectivity index (χ0) is 20.3. The maximum Gasteiger partial charge on any atom is 0.198 e. The molecule has 0 radical (unpaired) electrons. The minimum Gasteiger partial charge on any atom is -0.277 e. The van der Waals surface area contributed by atoms with Crippen LogP contribution >= 0.6 is 0 Å². The van der Waals surface area contributed by atoms with Crippen molar-refractivity contribution in [2.45, 2.75) is 136 Å². The number of aliphatic imine (C=N–C) groups is 1. The van der Waals surface area contributed by atoms with E-state index in [0.29, 0.717) is 0 Å². The van der Waals surface area contributed by atoms with E-state index in [4.69, 9.17) is 4.99 Å². The molecule has 2 heteroatoms. The van der Waals surface area contributed by atoms with Crippen molar-refractivity contribution in [2.75, 3.05) is 26.2 Å². The summed E-state index contributed by atoms with van der Waals surface area (Å²) in [6.07, 6.45) is 25.6. The van der Waals surface area contributed by atoms with E-state index in [9.17, 15) is 0 Å². The van der Waals surface area contributed by atoms with Crippen LogP contribution < -0.4 is 0 Å². The lowest BCUT2D eigenvalue weighted by Gasteiger charge is -2.33. The number of unbranched alkanes of at least 4 members (excludes halogenated alkanes) is 15. The van der Waals surface area contributed by atoms with Crippen molar-refractivity contribution in [3.8, 4) is 0 Å². The highest BCUT2D eigenvalue weighted by atomic mass is 15.4. The van der Waals surface area contributed by atoms with Crippen LogP contribution in [0.3, 0.4) is 0 Å². The molecule has 0 aliphatic carbocycles. The monoisotopic (exact) mass is 393 g/mol. The van der Waals surface area contributed by atoms with Gasteiger partial charge in [-0.05, 0) is 19.8 Å². The van der Waals surface area contributed by atoms with Crippen LogP contribution in [0.5, 0.6) is 0 Å². The van der Waals surface area contributed by atoms with Crippen molar-refractivity contribution in [1.82, 2.24) is 0 Å². The summed E-state index contributed by atoms with van der Waals surface area (Å²) in [4.78, 5) is 4.91. The molecule has 2 nitrogen and oxygen atoms in total. The molecule has 0 saturated carbocycles. The summed E-state index contributed by atoms with van der Waals surface area (Å²) in [5.41, 5.74) is 0. The topological polar surface area (TPSA) is 12.4 Å². The zero-order valence-corrected chi connectivity index (χ0v) is 20.0. The zero-order valence-electron chi connectivity index (χ0n) is 20.0. The molecule has 1 heterocycles. The summed E-state index contributed by atoms with van der Waals surface area (Å²) in [5.74, 6) is 1.53. The van der Waals surface area contributed by atoms with E-state index in [2.05, 4.69) is 20.8 Å². The third-order valence-electron chi connectivity index (χ3n) is 6.92. The summed E-state index contributed by atoms with van der Waals surface area (Å²) in [7, 11) is 0. The van der Waals surface area contributed by atoms with Gasteiger partial charge < -0.3 is 0 Å². The van der Waals surface area contributed by atoms with Gasteiger partial charge in [-0.25, -0.2) is 4.99 Å². The number of amidine groups is 1. The van der Waals surface area contributed by atoms with E-state index in [1.165, 1.54) is 146 Å². The molecular weight excluding hydrogens is 340 g/mol. The second-order valence-corrected chi connectivity index (χ2v) is 9.26. The first-order chi connectivity index (χ1) is 13.8.